The van der Waals surface area contributed by atoms with E-state index in [-0.39, 0.29) is 21.1 Å². The summed E-state index contributed by atoms with van der Waals surface area (Å²) in [7, 11) is -3.48. The fraction of sp³-hybridized carbons (Fsp3) is 0. The molecule has 0 saturated carbocycles. The number of phenolic OH excluding ortho intramolecular Hbond substituents is 1. The number of nitrogen functional groups attached to an aromatic ring is 2. The summed E-state index contributed by atoms with van der Waals surface area (Å²) in [5.41, 5.74) is 12.3. The first-order chi connectivity index (χ1) is 12.7. The van der Waals surface area contributed by atoms with Crippen molar-refractivity contribution in [1.82, 2.24) is 0 Å². The summed E-state index contributed by atoms with van der Waals surface area (Å²) in [4.78, 5) is 10.7. The van der Waals surface area contributed by atoms with Gasteiger partial charge in [0.15, 0.2) is 0 Å². The number of aromatic hydroxyl groups is 1. The Morgan fingerprint density at radius 2 is 1.07 bits per heavy atom. The number of hydrogen-bond donors (Lipinski definition) is 4. The average molecular weight is 386 g/mol. The number of benzene rings is 3. The first kappa shape index (κ1) is 19.8. The van der Waals surface area contributed by atoms with Crippen LogP contribution in [0.15, 0.2) is 82.6 Å². The lowest BCUT2D eigenvalue weighted by atomic mass is 10.2. The van der Waals surface area contributed by atoms with Crippen molar-refractivity contribution in [2.45, 2.75) is 9.79 Å². The lowest BCUT2D eigenvalue weighted by Crippen LogP contribution is -2.02. The van der Waals surface area contributed by atoms with Crippen LogP contribution in [0.25, 0.3) is 0 Å². The van der Waals surface area contributed by atoms with Crippen molar-refractivity contribution in [2.24, 2.45) is 0 Å². The Morgan fingerprint density at radius 1 is 0.704 bits per heavy atom. The van der Waals surface area contributed by atoms with Crippen LogP contribution in [0, 0.1) is 0 Å². The smallest absolute Gasteiger partial charge is 0.335 e. The molecule has 7 nitrogen and oxygen atoms in total. The van der Waals surface area contributed by atoms with E-state index in [1.54, 1.807) is 24.3 Å². The van der Waals surface area contributed by atoms with E-state index in [1.165, 1.54) is 48.5 Å². The molecule has 0 bridgehead atoms. The second-order valence-corrected chi connectivity index (χ2v) is 7.44. The highest BCUT2D eigenvalue weighted by molar-refractivity contribution is 7.91. The Hall–Kier alpha value is -3.52. The Labute approximate surface area is 156 Å². The molecule has 0 radical (unpaired) electrons. The van der Waals surface area contributed by atoms with E-state index >= 15 is 0 Å². The summed E-state index contributed by atoms with van der Waals surface area (Å²) in [5, 5.41) is 17.1. The molecule has 0 amide bonds. The number of nitrogens with two attached hydrogens (primary N) is 2. The van der Waals surface area contributed by atoms with E-state index in [2.05, 4.69) is 0 Å². The van der Waals surface area contributed by atoms with Crippen LogP contribution < -0.4 is 11.5 Å². The van der Waals surface area contributed by atoms with Gasteiger partial charge in [0.25, 0.3) is 0 Å². The molecule has 0 spiro atoms. The average Bonchev–Trinajstić information content (AvgIpc) is 2.63. The number of carboxylic acid groups (broad SMARTS) is 1. The number of hydrogen-bond acceptors (Lipinski definition) is 6. The lowest BCUT2D eigenvalue weighted by molar-refractivity contribution is 0.0697. The molecule has 27 heavy (non-hydrogen) atoms. The van der Waals surface area contributed by atoms with Gasteiger partial charge >= 0.3 is 5.97 Å². The van der Waals surface area contributed by atoms with Gasteiger partial charge in [0, 0.05) is 11.4 Å². The molecule has 0 unspecified atom stereocenters. The number of anilines is 2. The van der Waals surface area contributed by atoms with Crippen molar-refractivity contribution < 1.29 is 23.4 Å². The highest BCUT2D eigenvalue weighted by atomic mass is 32.2. The molecule has 8 heteroatoms. The predicted octanol–water partition coefficient (Wildman–Crippen LogP) is 2.77. The number of aromatic carboxylic acids is 1. The maximum absolute atomic E-state index is 12.2. The molecular weight excluding hydrogens is 368 g/mol. The normalized spacial score (nSPS) is 10.5. The summed E-state index contributed by atoms with van der Waals surface area (Å²) >= 11 is 0. The standard InChI is InChI=1S/C12H12N2O2S.C7H6O3/c13-9-1-5-11(6-2-9)17(15,16)12-7-3-10(14)4-8-12;8-6-3-1-5(2-4-6)7(9)10/h1-8H,13-14H2;1-4,8H,(H,9,10). The zero-order valence-corrected chi connectivity index (χ0v) is 14.9. The summed E-state index contributed by atoms with van der Waals surface area (Å²) < 4.78 is 24.3. The van der Waals surface area contributed by atoms with Gasteiger partial charge in [-0.2, -0.15) is 0 Å². The second kappa shape index (κ2) is 8.24. The van der Waals surface area contributed by atoms with E-state index in [0.717, 1.165) is 0 Å². The topological polar surface area (TPSA) is 144 Å². The first-order valence-electron chi connectivity index (χ1n) is 7.68. The fourth-order valence-electron chi connectivity index (χ4n) is 2.03. The van der Waals surface area contributed by atoms with Crippen molar-refractivity contribution in [3.05, 3.63) is 78.4 Å². The number of carboxylic acids is 1. The molecule has 6 N–H and O–H groups in total. The van der Waals surface area contributed by atoms with E-state index in [4.69, 9.17) is 21.7 Å². The summed E-state index contributed by atoms with van der Waals surface area (Å²) in [6.07, 6.45) is 0. The number of phenols is 1. The zero-order valence-electron chi connectivity index (χ0n) is 14.1. The third-order valence-electron chi connectivity index (χ3n) is 3.50. The summed E-state index contributed by atoms with van der Waals surface area (Å²) in [5.74, 6) is -0.912. The molecule has 0 aliphatic carbocycles. The van der Waals surface area contributed by atoms with E-state index < -0.39 is 15.8 Å². The maximum atomic E-state index is 12.2. The Morgan fingerprint density at radius 3 is 1.41 bits per heavy atom. The summed E-state index contributed by atoms with van der Waals surface area (Å²) in [6, 6.07) is 17.6. The molecule has 0 heterocycles. The van der Waals surface area contributed by atoms with Gasteiger partial charge in [-0.25, -0.2) is 13.2 Å². The van der Waals surface area contributed by atoms with Crippen LogP contribution in [0.3, 0.4) is 0 Å². The van der Waals surface area contributed by atoms with Gasteiger partial charge in [-0.15, -0.1) is 0 Å². The predicted molar refractivity (Wildman–Crippen MR) is 102 cm³/mol. The Balaban J connectivity index is 0.000000223. The van der Waals surface area contributed by atoms with Gasteiger partial charge < -0.3 is 21.7 Å². The monoisotopic (exact) mass is 386 g/mol. The third-order valence-corrected chi connectivity index (χ3v) is 5.28. The van der Waals surface area contributed by atoms with Crippen LogP contribution in [0.2, 0.25) is 0 Å². The minimum absolute atomic E-state index is 0.0741. The van der Waals surface area contributed by atoms with Gasteiger partial charge in [0.05, 0.1) is 15.4 Å². The lowest BCUT2D eigenvalue weighted by Gasteiger charge is -2.05. The van der Waals surface area contributed by atoms with Gasteiger partial charge in [-0.3, -0.25) is 0 Å². The van der Waals surface area contributed by atoms with Crippen LogP contribution in [-0.4, -0.2) is 24.6 Å². The van der Waals surface area contributed by atoms with Gasteiger partial charge in [-0.05, 0) is 72.8 Å². The van der Waals surface area contributed by atoms with E-state index in [0.29, 0.717) is 11.4 Å². The van der Waals surface area contributed by atoms with Crippen molar-refractivity contribution in [2.75, 3.05) is 11.5 Å². The molecule has 3 aromatic carbocycles. The van der Waals surface area contributed by atoms with Gasteiger partial charge in [-0.1, -0.05) is 0 Å². The van der Waals surface area contributed by atoms with Crippen LogP contribution in [0.5, 0.6) is 5.75 Å². The summed E-state index contributed by atoms with van der Waals surface area (Å²) in [6.45, 7) is 0. The highest BCUT2D eigenvalue weighted by Gasteiger charge is 2.16. The van der Waals surface area contributed by atoms with Crippen molar-refractivity contribution in [3.63, 3.8) is 0 Å². The molecule has 3 rings (SSSR count). The molecular formula is C19H18N2O5S. The third kappa shape index (κ3) is 5.23. The van der Waals surface area contributed by atoms with Gasteiger partial charge in [0.1, 0.15) is 5.75 Å². The Bertz CT molecular complexity index is 962. The van der Waals surface area contributed by atoms with Gasteiger partial charge in [0.2, 0.25) is 9.84 Å². The SMILES string of the molecule is Nc1ccc(S(=O)(=O)c2ccc(N)cc2)cc1.O=C(O)c1ccc(O)cc1. The molecule has 140 valence electrons. The number of rotatable bonds is 3. The van der Waals surface area contributed by atoms with Crippen molar-refractivity contribution >= 4 is 27.2 Å². The van der Waals surface area contributed by atoms with Crippen LogP contribution in [0.4, 0.5) is 11.4 Å². The molecule has 0 atom stereocenters. The molecule has 0 fully saturated rings. The minimum Gasteiger partial charge on any atom is -0.508 e. The largest absolute Gasteiger partial charge is 0.508 e. The molecule has 0 saturated heterocycles. The first-order valence-corrected chi connectivity index (χ1v) is 9.17. The van der Waals surface area contributed by atoms with E-state index in [9.17, 15) is 13.2 Å². The fourth-order valence-corrected chi connectivity index (χ4v) is 3.29. The maximum Gasteiger partial charge on any atom is 0.335 e. The minimum atomic E-state index is -3.48. The highest BCUT2D eigenvalue weighted by Crippen LogP contribution is 2.22. The van der Waals surface area contributed by atoms with Crippen LogP contribution >= 0.6 is 0 Å². The second-order valence-electron chi connectivity index (χ2n) is 5.49. The zero-order chi connectivity index (χ0) is 20.0. The molecule has 0 aliphatic heterocycles. The molecule has 0 aromatic heterocycles. The molecule has 3 aromatic rings. The van der Waals surface area contributed by atoms with E-state index in [1.807, 2.05) is 0 Å². The molecule has 0 aliphatic rings. The quantitative estimate of drug-likeness (QED) is 0.507. The van der Waals surface area contributed by atoms with Crippen molar-refractivity contribution in [3.8, 4) is 5.75 Å². The van der Waals surface area contributed by atoms with Crippen molar-refractivity contribution in [1.29, 1.82) is 0 Å². The number of carbonyl (C=O) groups is 1. The number of sulfone groups is 1. The van der Waals surface area contributed by atoms with Crippen LogP contribution in [-0.2, 0) is 9.84 Å². The van der Waals surface area contributed by atoms with Crippen LogP contribution in [0.1, 0.15) is 10.4 Å². The Kier molecular flexibility index (Phi) is 6.04.